The van der Waals surface area contributed by atoms with Crippen LogP contribution in [-0.4, -0.2) is 37.2 Å². The van der Waals surface area contributed by atoms with Crippen LogP contribution in [0.25, 0.3) is 0 Å². The van der Waals surface area contributed by atoms with E-state index in [1.54, 1.807) is 7.11 Å². The second-order valence-corrected chi connectivity index (χ2v) is 3.54. The Morgan fingerprint density at radius 1 is 1.69 bits per heavy atom. The molecule has 1 aliphatic heterocycles. The molecule has 3 heteroatoms. The van der Waals surface area contributed by atoms with Crippen molar-refractivity contribution in [3.8, 4) is 6.07 Å². The van der Waals surface area contributed by atoms with Crippen LogP contribution in [0.1, 0.15) is 26.2 Å². The van der Waals surface area contributed by atoms with E-state index in [0.717, 1.165) is 19.6 Å². The zero-order valence-electron chi connectivity index (χ0n) is 8.49. The van der Waals surface area contributed by atoms with Crippen molar-refractivity contribution in [2.24, 2.45) is 0 Å². The first-order chi connectivity index (χ1) is 6.33. The average Bonchev–Trinajstić information content (AvgIpc) is 2.57. The summed E-state index contributed by atoms with van der Waals surface area (Å²) in [5.74, 6) is 0. The molecule has 0 bridgehead atoms. The van der Waals surface area contributed by atoms with Crippen molar-refractivity contribution in [3.05, 3.63) is 0 Å². The van der Waals surface area contributed by atoms with E-state index in [1.807, 2.05) is 0 Å². The summed E-state index contributed by atoms with van der Waals surface area (Å²) < 4.78 is 5.14. The molecule has 0 aromatic heterocycles. The lowest BCUT2D eigenvalue weighted by Gasteiger charge is -2.27. The number of nitriles is 1. The maximum absolute atomic E-state index is 8.94. The highest BCUT2D eigenvalue weighted by atomic mass is 16.5. The third kappa shape index (κ3) is 2.43. The quantitative estimate of drug-likeness (QED) is 0.659. The molecule has 0 amide bonds. The lowest BCUT2D eigenvalue weighted by atomic mass is 10.2. The Bertz CT molecular complexity index is 188. The molecule has 13 heavy (non-hydrogen) atoms. The molecular weight excluding hydrogens is 164 g/mol. The zero-order valence-corrected chi connectivity index (χ0v) is 8.49. The minimum Gasteiger partial charge on any atom is -0.383 e. The monoisotopic (exact) mass is 182 g/mol. The highest BCUT2D eigenvalue weighted by Crippen LogP contribution is 2.21. The molecule has 3 nitrogen and oxygen atoms in total. The van der Waals surface area contributed by atoms with Gasteiger partial charge in [-0.15, -0.1) is 0 Å². The van der Waals surface area contributed by atoms with Crippen LogP contribution in [-0.2, 0) is 4.74 Å². The topological polar surface area (TPSA) is 36.3 Å². The Morgan fingerprint density at radius 3 is 3.00 bits per heavy atom. The second kappa shape index (κ2) is 5.21. The number of nitrogens with zero attached hydrogens (tertiary/aromatic N) is 2. The van der Waals surface area contributed by atoms with Crippen molar-refractivity contribution in [2.75, 3.05) is 20.3 Å². The summed E-state index contributed by atoms with van der Waals surface area (Å²) in [4.78, 5) is 2.28. The number of hydrogen-bond acceptors (Lipinski definition) is 3. The maximum atomic E-state index is 8.94. The molecule has 1 saturated heterocycles. The molecule has 0 saturated carbocycles. The number of likely N-dealkylation sites (tertiary alicyclic amines) is 1. The average molecular weight is 182 g/mol. The first-order valence-electron chi connectivity index (χ1n) is 4.97. The van der Waals surface area contributed by atoms with Crippen LogP contribution >= 0.6 is 0 Å². The molecule has 1 rings (SSSR count). The first kappa shape index (κ1) is 10.5. The van der Waals surface area contributed by atoms with Gasteiger partial charge in [-0.25, -0.2) is 0 Å². The largest absolute Gasteiger partial charge is 0.383 e. The molecule has 0 aromatic rings. The summed E-state index contributed by atoms with van der Waals surface area (Å²) in [6.07, 6.45) is 3.29. The standard InChI is InChI=1S/C10H18N2O/c1-3-9(7-11)12-6-4-5-10(12)8-13-2/h9-10H,3-6,8H2,1-2H3/t9?,10-/m0/s1. The van der Waals surface area contributed by atoms with Crippen LogP contribution in [0.4, 0.5) is 0 Å². The molecule has 2 atom stereocenters. The molecule has 0 N–H and O–H groups in total. The first-order valence-corrected chi connectivity index (χ1v) is 4.97. The molecule has 1 aliphatic rings. The number of methoxy groups -OCH3 is 1. The third-order valence-corrected chi connectivity index (χ3v) is 2.72. The number of hydrogen-bond donors (Lipinski definition) is 0. The fourth-order valence-corrected chi connectivity index (χ4v) is 2.04. The Balaban J connectivity index is 2.51. The SMILES string of the molecule is CCC(C#N)N1CCC[C@H]1COC. The third-order valence-electron chi connectivity index (χ3n) is 2.72. The predicted molar refractivity (Wildman–Crippen MR) is 51.3 cm³/mol. The van der Waals surface area contributed by atoms with Crippen LogP contribution in [0.5, 0.6) is 0 Å². The van der Waals surface area contributed by atoms with Gasteiger partial charge in [0, 0.05) is 13.2 Å². The molecule has 0 spiro atoms. The van der Waals surface area contributed by atoms with Crippen LogP contribution in [0, 0.1) is 11.3 Å². The van der Waals surface area contributed by atoms with Gasteiger partial charge in [0.1, 0.15) is 0 Å². The van der Waals surface area contributed by atoms with Crippen molar-refractivity contribution in [2.45, 2.75) is 38.3 Å². The van der Waals surface area contributed by atoms with Crippen LogP contribution in [0.2, 0.25) is 0 Å². The van der Waals surface area contributed by atoms with E-state index in [1.165, 1.54) is 12.8 Å². The van der Waals surface area contributed by atoms with Crippen molar-refractivity contribution < 1.29 is 4.74 Å². The van der Waals surface area contributed by atoms with Gasteiger partial charge in [0.15, 0.2) is 0 Å². The summed E-state index contributed by atoms with van der Waals surface area (Å²) in [5, 5.41) is 8.94. The van der Waals surface area contributed by atoms with Crippen LogP contribution < -0.4 is 0 Å². The summed E-state index contributed by atoms with van der Waals surface area (Å²) in [6, 6.07) is 2.91. The molecule has 1 fully saturated rings. The molecule has 0 aliphatic carbocycles. The second-order valence-electron chi connectivity index (χ2n) is 3.54. The number of ether oxygens (including phenoxy) is 1. The van der Waals surface area contributed by atoms with E-state index in [9.17, 15) is 0 Å². The van der Waals surface area contributed by atoms with Crippen molar-refractivity contribution in [1.82, 2.24) is 4.90 Å². The van der Waals surface area contributed by atoms with Crippen LogP contribution in [0.15, 0.2) is 0 Å². The zero-order chi connectivity index (χ0) is 9.68. The Morgan fingerprint density at radius 2 is 2.46 bits per heavy atom. The van der Waals surface area contributed by atoms with E-state index in [2.05, 4.69) is 17.9 Å². The molecule has 74 valence electrons. The lowest BCUT2D eigenvalue weighted by Crippen LogP contribution is -2.40. The van der Waals surface area contributed by atoms with Crippen molar-refractivity contribution >= 4 is 0 Å². The summed E-state index contributed by atoms with van der Waals surface area (Å²) in [7, 11) is 1.73. The summed E-state index contributed by atoms with van der Waals surface area (Å²) >= 11 is 0. The Kier molecular flexibility index (Phi) is 4.20. The van der Waals surface area contributed by atoms with Gasteiger partial charge in [-0.2, -0.15) is 5.26 Å². The van der Waals surface area contributed by atoms with Gasteiger partial charge < -0.3 is 4.74 Å². The minimum atomic E-state index is 0.0858. The van der Waals surface area contributed by atoms with Gasteiger partial charge >= 0.3 is 0 Å². The van der Waals surface area contributed by atoms with Gasteiger partial charge in [0.2, 0.25) is 0 Å². The highest BCUT2D eigenvalue weighted by Gasteiger charge is 2.29. The van der Waals surface area contributed by atoms with E-state index >= 15 is 0 Å². The van der Waals surface area contributed by atoms with Gasteiger partial charge in [0.05, 0.1) is 18.7 Å². The lowest BCUT2D eigenvalue weighted by molar-refractivity contribution is 0.101. The van der Waals surface area contributed by atoms with Gasteiger partial charge in [-0.3, -0.25) is 4.90 Å². The summed E-state index contributed by atoms with van der Waals surface area (Å²) in [6.45, 7) is 3.88. The predicted octanol–water partition coefficient (Wildman–Crippen LogP) is 1.40. The van der Waals surface area contributed by atoms with E-state index in [-0.39, 0.29) is 6.04 Å². The Labute approximate surface area is 80.3 Å². The van der Waals surface area contributed by atoms with Crippen molar-refractivity contribution in [3.63, 3.8) is 0 Å². The van der Waals surface area contributed by atoms with Crippen LogP contribution in [0.3, 0.4) is 0 Å². The Hall–Kier alpha value is -0.590. The molecule has 0 radical (unpaired) electrons. The molecule has 1 heterocycles. The smallest absolute Gasteiger partial charge is 0.0978 e. The molecular formula is C10H18N2O. The van der Waals surface area contributed by atoms with E-state index < -0.39 is 0 Å². The minimum absolute atomic E-state index is 0.0858. The normalized spacial score (nSPS) is 25.8. The van der Waals surface area contributed by atoms with Gasteiger partial charge in [-0.1, -0.05) is 6.92 Å². The van der Waals surface area contributed by atoms with Crippen molar-refractivity contribution in [1.29, 1.82) is 5.26 Å². The maximum Gasteiger partial charge on any atom is 0.0978 e. The molecule has 1 unspecified atom stereocenters. The summed E-state index contributed by atoms with van der Waals surface area (Å²) in [5.41, 5.74) is 0. The van der Waals surface area contributed by atoms with E-state index in [4.69, 9.17) is 10.00 Å². The fraction of sp³-hybridized carbons (Fsp3) is 0.900. The van der Waals surface area contributed by atoms with E-state index in [0.29, 0.717) is 6.04 Å². The van der Waals surface area contributed by atoms with Gasteiger partial charge in [-0.05, 0) is 25.8 Å². The molecule has 0 aromatic carbocycles. The fourth-order valence-electron chi connectivity index (χ4n) is 2.04. The number of rotatable bonds is 4. The van der Waals surface area contributed by atoms with Gasteiger partial charge in [0.25, 0.3) is 0 Å². The highest BCUT2D eigenvalue weighted by molar-refractivity contribution is 4.96.